The Kier molecular flexibility index (Phi) is 5.58. The first-order valence-corrected chi connectivity index (χ1v) is 12.3. The zero-order valence-electron chi connectivity index (χ0n) is 19.1. The zero-order chi connectivity index (χ0) is 21.6. The molecule has 2 saturated heterocycles. The summed E-state index contributed by atoms with van der Waals surface area (Å²) in [5.74, 6) is 2.15. The van der Waals surface area contributed by atoms with Crippen LogP contribution in [0.2, 0.25) is 0 Å². The third kappa shape index (κ3) is 3.59. The van der Waals surface area contributed by atoms with Crippen LogP contribution in [0, 0.1) is 17.3 Å². The minimum atomic E-state index is -0.388. The van der Waals surface area contributed by atoms with E-state index in [4.69, 9.17) is 4.74 Å². The van der Waals surface area contributed by atoms with Crippen molar-refractivity contribution in [2.45, 2.75) is 64.2 Å². The molecule has 2 aliphatic heterocycles. The van der Waals surface area contributed by atoms with Crippen LogP contribution >= 0.6 is 0 Å². The number of piperidine rings is 2. The van der Waals surface area contributed by atoms with Crippen molar-refractivity contribution in [1.82, 2.24) is 9.80 Å². The molecule has 0 spiro atoms. The van der Waals surface area contributed by atoms with Gasteiger partial charge in [0.15, 0.2) is 0 Å². The van der Waals surface area contributed by atoms with Gasteiger partial charge in [-0.05, 0) is 92.6 Å². The summed E-state index contributed by atoms with van der Waals surface area (Å²) >= 11 is 0. The number of carbonyl (C=O) groups excluding carboxylic acids is 2. The molecule has 1 aromatic rings. The molecule has 2 heterocycles. The van der Waals surface area contributed by atoms with Gasteiger partial charge in [-0.2, -0.15) is 0 Å². The molecule has 1 aromatic carbocycles. The van der Waals surface area contributed by atoms with Crippen LogP contribution in [0.5, 0.6) is 5.75 Å². The normalized spacial score (nSPS) is 33.5. The number of carbonyl (C=O) groups is 2. The summed E-state index contributed by atoms with van der Waals surface area (Å²) < 4.78 is 5.43. The average molecular weight is 425 g/mol. The number of fused-ring (bicyclic) bond motifs is 5. The standard InChI is InChI=1S/C26H36N2O3/c1-26-11-10-21-20-9-7-19(31-2)16-18(20)6-8-22(21)23(26)17-24(29)28(25(26)30)15-14-27-12-4-3-5-13-27/h7,9,16,21-23H,3-6,8,10-15,17H2,1-2H3/t21-,22-,23+,26+/m1/s1. The lowest BCUT2D eigenvalue weighted by Gasteiger charge is -2.54. The van der Waals surface area contributed by atoms with E-state index in [9.17, 15) is 9.59 Å². The van der Waals surface area contributed by atoms with Gasteiger partial charge >= 0.3 is 0 Å². The van der Waals surface area contributed by atoms with Gasteiger partial charge in [0.25, 0.3) is 0 Å². The van der Waals surface area contributed by atoms with E-state index in [1.54, 1.807) is 12.0 Å². The molecule has 0 unspecified atom stereocenters. The van der Waals surface area contributed by atoms with Gasteiger partial charge in [-0.1, -0.05) is 19.4 Å². The van der Waals surface area contributed by atoms with Crippen molar-refractivity contribution in [3.63, 3.8) is 0 Å². The Morgan fingerprint density at radius 1 is 1.10 bits per heavy atom. The molecular weight excluding hydrogens is 388 g/mol. The predicted octanol–water partition coefficient (Wildman–Crippen LogP) is 4.00. The molecule has 31 heavy (non-hydrogen) atoms. The highest BCUT2D eigenvalue weighted by Gasteiger charge is 2.57. The van der Waals surface area contributed by atoms with Crippen LogP contribution in [0.1, 0.15) is 68.9 Å². The van der Waals surface area contributed by atoms with Gasteiger partial charge in [-0.3, -0.25) is 14.5 Å². The topological polar surface area (TPSA) is 49.9 Å². The summed E-state index contributed by atoms with van der Waals surface area (Å²) in [6.07, 6.45) is 8.32. The quantitative estimate of drug-likeness (QED) is 0.686. The molecular formula is C26H36N2O3. The van der Waals surface area contributed by atoms with Crippen LogP contribution in [-0.2, 0) is 16.0 Å². The third-order valence-electron chi connectivity index (χ3n) is 8.84. The molecule has 0 aromatic heterocycles. The van der Waals surface area contributed by atoms with Crippen LogP contribution in [0.25, 0.3) is 0 Å². The SMILES string of the molecule is COc1ccc2c(c1)CC[C@@H]1[C@@H]2CC[C@]2(C)C(=O)N(CCN3CCCCC3)C(=O)C[C@@H]12. The third-order valence-corrected chi connectivity index (χ3v) is 8.84. The fourth-order valence-corrected chi connectivity index (χ4v) is 7.02. The molecule has 5 heteroatoms. The Morgan fingerprint density at radius 2 is 1.90 bits per heavy atom. The Labute approximate surface area is 186 Å². The summed E-state index contributed by atoms with van der Waals surface area (Å²) in [5.41, 5.74) is 2.42. The molecule has 1 saturated carbocycles. The average Bonchev–Trinajstić information content (AvgIpc) is 2.80. The maximum atomic E-state index is 13.6. The van der Waals surface area contributed by atoms with Crippen LogP contribution in [0.4, 0.5) is 0 Å². The van der Waals surface area contributed by atoms with E-state index in [0.29, 0.717) is 24.8 Å². The van der Waals surface area contributed by atoms with Crippen LogP contribution in [-0.4, -0.2) is 54.9 Å². The lowest BCUT2D eigenvalue weighted by atomic mass is 9.52. The number of likely N-dealkylation sites (tertiary alicyclic amines) is 2. The number of hydrogen-bond acceptors (Lipinski definition) is 4. The van der Waals surface area contributed by atoms with Crippen molar-refractivity contribution in [3.8, 4) is 5.75 Å². The molecule has 0 radical (unpaired) electrons. The van der Waals surface area contributed by atoms with E-state index in [-0.39, 0.29) is 23.1 Å². The molecule has 2 aliphatic carbocycles. The number of amides is 2. The number of hydrogen-bond donors (Lipinski definition) is 0. The van der Waals surface area contributed by atoms with Gasteiger partial charge in [0.1, 0.15) is 5.75 Å². The molecule has 5 nitrogen and oxygen atoms in total. The van der Waals surface area contributed by atoms with E-state index in [1.165, 1.54) is 30.4 Å². The van der Waals surface area contributed by atoms with E-state index in [0.717, 1.165) is 51.1 Å². The van der Waals surface area contributed by atoms with Crippen molar-refractivity contribution in [2.24, 2.45) is 17.3 Å². The second kappa shape index (κ2) is 8.23. The number of nitrogens with zero attached hydrogens (tertiary/aromatic N) is 2. The fourth-order valence-electron chi connectivity index (χ4n) is 7.02. The lowest BCUT2D eigenvalue weighted by Crippen LogP contribution is -2.60. The molecule has 4 atom stereocenters. The second-order valence-electron chi connectivity index (χ2n) is 10.4. The largest absolute Gasteiger partial charge is 0.497 e. The first-order chi connectivity index (χ1) is 15.0. The van der Waals surface area contributed by atoms with Crippen molar-refractivity contribution in [2.75, 3.05) is 33.3 Å². The molecule has 2 amide bonds. The van der Waals surface area contributed by atoms with Crippen molar-refractivity contribution in [1.29, 1.82) is 0 Å². The molecule has 4 aliphatic rings. The summed E-state index contributed by atoms with van der Waals surface area (Å²) in [6.45, 7) is 5.75. The molecule has 5 rings (SSSR count). The smallest absolute Gasteiger partial charge is 0.235 e. The van der Waals surface area contributed by atoms with Crippen molar-refractivity contribution >= 4 is 11.8 Å². The molecule has 0 bridgehead atoms. The maximum Gasteiger partial charge on any atom is 0.235 e. The Hall–Kier alpha value is -1.88. The molecule has 168 valence electrons. The van der Waals surface area contributed by atoms with E-state index in [2.05, 4.69) is 30.0 Å². The van der Waals surface area contributed by atoms with Gasteiger partial charge in [0, 0.05) is 19.5 Å². The zero-order valence-corrected chi connectivity index (χ0v) is 19.1. The lowest BCUT2D eigenvalue weighted by molar-refractivity contribution is -0.167. The predicted molar refractivity (Wildman–Crippen MR) is 120 cm³/mol. The number of rotatable bonds is 4. The summed E-state index contributed by atoms with van der Waals surface area (Å²) in [6, 6.07) is 6.47. The van der Waals surface area contributed by atoms with Gasteiger partial charge in [-0.15, -0.1) is 0 Å². The maximum absolute atomic E-state index is 13.6. The Bertz CT molecular complexity index is 862. The highest BCUT2D eigenvalue weighted by molar-refractivity contribution is 6.01. The summed E-state index contributed by atoms with van der Waals surface area (Å²) in [5, 5.41) is 0. The van der Waals surface area contributed by atoms with Gasteiger partial charge in [0.05, 0.1) is 12.5 Å². The van der Waals surface area contributed by atoms with Crippen LogP contribution in [0.3, 0.4) is 0 Å². The Balaban J connectivity index is 1.33. The minimum Gasteiger partial charge on any atom is -0.497 e. The summed E-state index contributed by atoms with van der Waals surface area (Å²) in [7, 11) is 1.72. The number of benzene rings is 1. The highest BCUT2D eigenvalue weighted by atomic mass is 16.5. The van der Waals surface area contributed by atoms with Crippen LogP contribution in [0.15, 0.2) is 18.2 Å². The van der Waals surface area contributed by atoms with E-state index < -0.39 is 0 Å². The first-order valence-electron chi connectivity index (χ1n) is 12.3. The number of aryl methyl sites for hydroxylation is 1. The van der Waals surface area contributed by atoms with Gasteiger partial charge in [-0.25, -0.2) is 0 Å². The molecule has 3 fully saturated rings. The van der Waals surface area contributed by atoms with Crippen molar-refractivity contribution < 1.29 is 14.3 Å². The monoisotopic (exact) mass is 424 g/mol. The van der Waals surface area contributed by atoms with Gasteiger partial charge in [0.2, 0.25) is 11.8 Å². The molecule has 0 N–H and O–H groups in total. The summed E-state index contributed by atoms with van der Waals surface area (Å²) in [4.78, 5) is 30.8. The highest BCUT2D eigenvalue weighted by Crippen LogP contribution is 2.58. The van der Waals surface area contributed by atoms with E-state index in [1.807, 2.05) is 0 Å². The van der Waals surface area contributed by atoms with Gasteiger partial charge < -0.3 is 9.64 Å². The number of ether oxygens (including phenoxy) is 1. The first kappa shape index (κ1) is 21.0. The number of methoxy groups -OCH3 is 1. The number of imide groups is 1. The Morgan fingerprint density at radius 3 is 2.68 bits per heavy atom. The van der Waals surface area contributed by atoms with Crippen molar-refractivity contribution in [3.05, 3.63) is 29.3 Å². The minimum absolute atomic E-state index is 0.0608. The second-order valence-corrected chi connectivity index (χ2v) is 10.4. The fraction of sp³-hybridized carbons (Fsp3) is 0.692. The van der Waals surface area contributed by atoms with E-state index >= 15 is 0 Å². The van der Waals surface area contributed by atoms with Crippen LogP contribution < -0.4 is 4.74 Å².